The molecule has 0 spiro atoms. The third-order valence-electron chi connectivity index (χ3n) is 5.59. The molecule has 0 saturated carbocycles. The summed E-state index contributed by atoms with van der Waals surface area (Å²) in [7, 11) is 0. The zero-order valence-electron chi connectivity index (χ0n) is 19.6. The van der Waals surface area contributed by atoms with Crippen LogP contribution < -0.4 is 9.47 Å². The van der Waals surface area contributed by atoms with Gasteiger partial charge in [-0.15, -0.1) is 0 Å². The van der Waals surface area contributed by atoms with Crippen LogP contribution in [0, 0.1) is 11.8 Å². The number of rotatable bonds is 4. The van der Waals surface area contributed by atoms with Crippen LogP contribution in [0.3, 0.4) is 0 Å². The lowest BCUT2D eigenvalue weighted by Crippen LogP contribution is -2.22. The average Bonchev–Trinajstić information content (AvgIpc) is 2.77. The van der Waals surface area contributed by atoms with Gasteiger partial charge >= 0.3 is 11.9 Å². The predicted octanol–water partition coefficient (Wildman–Crippen LogP) is 6.27. The molecule has 2 aliphatic heterocycles. The van der Waals surface area contributed by atoms with E-state index in [1.807, 2.05) is 70.2 Å². The van der Waals surface area contributed by atoms with E-state index in [0.717, 1.165) is 49.7 Å². The van der Waals surface area contributed by atoms with Crippen molar-refractivity contribution >= 4 is 11.9 Å². The van der Waals surface area contributed by atoms with Gasteiger partial charge in [0, 0.05) is 0 Å². The van der Waals surface area contributed by atoms with Crippen molar-refractivity contribution in [1.82, 2.24) is 0 Å². The van der Waals surface area contributed by atoms with E-state index in [-0.39, 0.29) is 29.9 Å². The molecule has 0 aromatic heterocycles. The highest BCUT2D eigenvalue weighted by atomic mass is 16.6. The average molecular weight is 439 g/mol. The van der Waals surface area contributed by atoms with Crippen LogP contribution in [0.5, 0.6) is 17.2 Å². The van der Waals surface area contributed by atoms with Crippen molar-refractivity contribution in [2.24, 2.45) is 11.8 Å². The molecule has 5 heteroatoms. The zero-order valence-corrected chi connectivity index (χ0v) is 19.6. The number of fused-ring (bicyclic) bond motifs is 8. The van der Waals surface area contributed by atoms with Crippen molar-refractivity contribution in [1.29, 1.82) is 0 Å². The first-order chi connectivity index (χ1) is 15.3. The van der Waals surface area contributed by atoms with E-state index in [1.54, 1.807) is 0 Å². The molecule has 2 heterocycles. The molecule has 0 saturated heterocycles. The Morgan fingerprint density at radius 2 is 1.53 bits per heavy atom. The summed E-state index contributed by atoms with van der Waals surface area (Å²) in [5.41, 5.74) is 2.28. The Hall–Kier alpha value is -2.82. The quantitative estimate of drug-likeness (QED) is 0.416. The highest BCUT2D eigenvalue weighted by Gasteiger charge is 2.18. The first-order valence-corrected chi connectivity index (χ1v) is 11.6. The second kappa shape index (κ2) is 11.2. The Morgan fingerprint density at radius 1 is 0.844 bits per heavy atom. The first-order valence-electron chi connectivity index (χ1n) is 11.6. The molecule has 2 aromatic carbocycles. The zero-order chi connectivity index (χ0) is 23.1. The number of esters is 2. The normalized spacial score (nSPS) is 16.8. The number of benzene rings is 2. The minimum absolute atomic E-state index is 0.0701. The van der Waals surface area contributed by atoms with Crippen molar-refractivity contribution in [3.05, 3.63) is 53.6 Å². The maximum Gasteiger partial charge on any atom is 0.313 e. The standard InChI is InChI=1S/C27H34O5/c1-18(2)26(28)31-22-8-6-5-7-21-12-16-24(32-27(29)19(3)4)25(17-21)30-23-14-10-20(9-13-22)11-15-23/h10-12,14-19,22H,5-9,13H2,1-4H3/t22-/m0/s1. The number of hydrogen-bond donors (Lipinski definition) is 0. The maximum atomic E-state index is 12.1. The van der Waals surface area contributed by atoms with Crippen molar-refractivity contribution in [2.45, 2.75) is 72.3 Å². The first kappa shape index (κ1) is 23.8. The molecular formula is C27H34O5. The molecule has 0 aliphatic carbocycles. The number of hydrogen-bond acceptors (Lipinski definition) is 5. The molecular weight excluding hydrogens is 404 g/mol. The third-order valence-corrected chi connectivity index (χ3v) is 5.59. The van der Waals surface area contributed by atoms with E-state index in [1.165, 1.54) is 0 Å². The number of carbonyl (C=O) groups is 2. The molecule has 172 valence electrons. The van der Waals surface area contributed by atoms with Gasteiger partial charge in [-0.1, -0.05) is 45.9 Å². The van der Waals surface area contributed by atoms with E-state index < -0.39 is 0 Å². The Bertz CT molecular complexity index is 914. The van der Waals surface area contributed by atoms with Crippen LogP contribution in [0.25, 0.3) is 0 Å². The second-order valence-electron chi connectivity index (χ2n) is 9.10. The van der Waals surface area contributed by atoms with Crippen LogP contribution in [0.1, 0.15) is 64.5 Å². The molecule has 4 bridgehead atoms. The van der Waals surface area contributed by atoms with Gasteiger partial charge < -0.3 is 14.2 Å². The lowest BCUT2D eigenvalue weighted by atomic mass is 10.0. The molecule has 2 aromatic rings. The summed E-state index contributed by atoms with van der Waals surface area (Å²) in [6, 6.07) is 13.6. The molecule has 0 fully saturated rings. The molecule has 0 unspecified atom stereocenters. The lowest BCUT2D eigenvalue weighted by Gasteiger charge is -2.19. The van der Waals surface area contributed by atoms with E-state index in [4.69, 9.17) is 14.2 Å². The monoisotopic (exact) mass is 438 g/mol. The summed E-state index contributed by atoms with van der Waals surface area (Å²) in [5, 5.41) is 0. The van der Waals surface area contributed by atoms with Crippen molar-refractivity contribution in [2.75, 3.05) is 0 Å². The van der Waals surface area contributed by atoms with Crippen LogP contribution in [-0.2, 0) is 27.2 Å². The summed E-state index contributed by atoms with van der Waals surface area (Å²) in [6.45, 7) is 7.35. The minimum Gasteiger partial charge on any atom is -0.462 e. The smallest absolute Gasteiger partial charge is 0.313 e. The van der Waals surface area contributed by atoms with E-state index >= 15 is 0 Å². The van der Waals surface area contributed by atoms with Crippen LogP contribution in [0.15, 0.2) is 42.5 Å². The summed E-state index contributed by atoms with van der Waals surface area (Å²) in [6.07, 6.45) is 5.24. The fourth-order valence-corrected chi connectivity index (χ4v) is 3.54. The van der Waals surface area contributed by atoms with Gasteiger partial charge in [-0.25, -0.2) is 0 Å². The van der Waals surface area contributed by atoms with Crippen molar-refractivity contribution in [3.8, 4) is 17.2 Å². The Labute approximate surface area is 191 Å². The highest BCUT2D eigenvalue weighted by molar-refractivity contribution is 5.75. The molecule has 0 N–H and O–H groups in total. The maximum absolute atomic E-state index is 12.1. The van der Waals surface area contributed by atoms with Crippen LogP contribution in [0.2, 0.25) is 0 Å². The van der Waals surface area contributed by atoms with E-state index in [9.17, 15) is 9.59 Å². The van der Waals surface area contributed by atoms with Gasteiger partial charge in [0.05, 0.1) is 11.8 Å². The molecule has 0 amide bonds. The summed E-state index contributed by atoms with van der Waals surface area (Å²) >= 11 is 0. The number of ether oxygens (including phenoxy) is 3. The molecule has 2 aliphatic rings. The van der Waals surface area contributed by atoms with Gasteiger partial charge in [0.15, 0.2) is 11.5 Å². The Morgan fingerprint density at radius 3 is 2.22 bits per heavy atom. The van der Waals surface area contributed by atoms with Gasteiger partial charge in [-0.2, -0.15) is 0 Å². The highest BCUT2D eigenvalue weighted by Crippen LogP contribution is 2.34. The fourth-order valence-electron chi connectivity index (χ4n) is 3.54. The summed E-state index contributed by atoms with van der Waals surface area (Å²) in [5.74, 6) is 0.902. The molecule has 32 heavy (non-hydrogen) atoms. The molecule has 4 rings (SSSR count). The molecule has 0 radical (unpaired) electrons. The molecule has 5 nitrogen and oxygen atoms in total. The minimum atomic E-state index is -0.286. The number of aryl methyl sites for hydroxylation is 2. The van der Waals surface area contributed by atoms with Gasteiger partial charge in [0.2, 0.25) is 0 Å². The second-order valence-corrected chi connectivity index (χ2v) is 9.10. The van der Waals surface area contributed by atoms with Crippen LogP contribution in [-0.4, -0.2) is 18.0 Å². The summed E-state index contributed by atoms with van der Waals surface area (Å²) in [4.78, 5) is 24.3. The third kappa shape index (κ3) is 6.84. The molecule has 1 atom stereocenters. The van der Waals surface area contributed by atoms with Crippen LogP contribution >= 0.6 is 0 Å². The van der Waals surface area contributed by atoms with E-state index in [2.05, 4.69) is 0 Å². The predicted molar refractivity (Wildman–Crippen MR) is 124 cm³/mol. The van der Waals surface area contributed by atoms with Gasteiger partial charge in [0.25, 0.3) is 0 Å². The van der Waals surface area contributed by atoms with Crippen LogP contribution in [0.4, 0.5) is 0 Å². The largest absolute Gasteiger partial charge is 0.462 e. The SMILES string of the molecule is CC(C)C(=O)Oc1ccc2cc1Oc1ccc(cc1)CC[C@@H](OC(=O)C(C)C)CCCC2. The fraction of sp³-hybridized carbons (Fsp3) is 0.481. The lowest BCUT2D eigenvalue weighted by molar-refractivity contribution is -0.153. The van der Waals surface area contributed by atoms with Gasteiger partial charge in [-0.3, -0.25) is 9.59 Å². The van der Waals surface area contributed by atoms with Crippen molar-refractivity contribution < 1.29 is 23.8 Å². The van der Waals surface area contributed by atoms with E-state index in [0.29, 0.717) is 17.2 Å². The topological polar surface area (TPSA) is 61.8 Å². The Kier molecular flexibility index (Phi) is 8.32. The Balaban J connectivity index is 1.82. The van der Waals surface area contributed by atoms with Gasteiger partial charge in [-0.05, 0) is 73.9 Å². The van der Waals surface area contributed by atoms with Gasteiger partial charge in [0.1, 0.15) is 11.9 Å². The summed E-state index contributed by atoms with van der Waals surface area (Å²) < 4.78 is 17.5. The van der Waals surface area contributed by atoms with Crippen molar-refractivity contribution in [3.63, 3.8) is 0 Å². The number of carbonyl (C=O) groups excluding carboxylic acids is 2.